The number of hydrogen-bond donors (Lipinski definition) is 4. The molecule has 0 saturated heterocycles. The van der Waals surface area contributed by atoms with Crippen molar-refractivity contribution in [3.05, 3.63) is 52.2 Å². The molecular weight excluding hydrogens is 487 g/mol. The summed E-state index contributed by atoms with van der Waals surface area (Å²) in [5, 5.41) is 21.8. The van der Waals surface area contributed by atoms with Crippen LogP contribution in [0.4, 0.5) is 5.69 Å². The zero-order chi connectivity index (χ0) is 19.7. The van der Waals surface area contributed by atoms with E-state index in [4.69, 9.17) is 0 Å². The summed E-state index contributed by atoms with van der Waals surface area (Å²) in [7, 11) is 0. The maximum atomic E-state index is 11.1. The fraction of sp³-hybridized carbons (Fsp3) is 0.400. The second kappa shape index (κ2) is 12.0. The predicted octanol–water partition coefficient (Wildman–Crippen LogP) is 3.33. The first-order chi connectivity index (χ1) is 12.9. The second-order valence-electron chi connectivity index (χ2n) is 6.50. The smallest absolute Gasteiger partial charge is 0.221 e. The largest absolute Gasteiger partial charge is 0.383 e. The van der Waals surface area contributed by atoms with Gasteiger partial charge in [0.1, 0.15) is 5.60 Å². The Labute approximate surface area is 187 Å². The van der Waals surface area contributed by atoms with Crippen molar-refractivity contribution in [1.82, 2.24) is 10.6 Å². The molecule has 0 aliphatic carbocycles. The third kappa shape index (κ3) is 8.15. The number of nitrogens with zero attached hydrogens (tertiary/aromatic N) is 1. The molecule has 1 aromatic heterocycles. The van der Waals surface area contributed by atoms with E-state index in [0.29, 0.717) is 12.5 Å². The molecule has 0 aliphatic rings. The Morgan fingerprint density at radius 3 is 2.50 bits per heavy atom. The Hall–Kier alpha value is -1.65. The van der Waals surface area contributed by atoms with Crippen LogP contribution in [0.2, 0.25) is 0 Å². The summed E-state index contributed by atoms with van der Waals surface area (Å²) in [6.07, 6.45) is 0.825. The van der Waals surface area contributed by atoms with E-state index in [-0.39, 0.29) is 36.4 Å². The van der Waals surface area contributed by atoms with Gasteiger partial charge in [-0.2, -0.15) is 0 Å². The van der Waals surface area contributed by atoms with Gasteiger partial charge in [0, 0.05) is 30.6 Å². The second-order valence-corrected chi connectivity index (χ2v) is 7.45. The molecule has 6 nitrogen and oxygen atoms in total. The van der Waals surface area contributed by atoms with Gasteiger partial charge in [0.15, 0.2) is 5.96 Å². The Morgan fingerprint density at radius 2 is 1.93 bits per heavy atom. The predicted molar refractivity (Wildman–Crippen MR) is 128 cm³/mol. The highest BCUT2D eigenvalue weighted by Crippen LogP contribution is 2.25. The first-order valence-electron chi connectivity index (χ1n) is 9.06. The van der Waals surface area contributed by atoms with E-state index in [0.717, 1.165) is 29.1 Å². The van der Waals surface area contributed by atoms with Crippen LogP contribution in [-0.2, 0) is 16.8 Å². The molecule has 0 spiro atoms. The fourth-order valence-corrected chi connectivity index (χ4v) is 3.30. The highest BCUT2D eigenvalue weighted by atomic mass is 127. The molecule has 1 amide bonds. The van der Waals surface area contributed by atoms with Crippen LogP contribution < -0.4 is 16.0 Å². The topological polar surface area (TPSA) is 85.8 Å². The number of thiophene rings is 1. The van der Waals surface area contributed by atoms with E-state index in [1.807, 2.05) is 48.7 Å². The van der Waals surface area contributed by atoms with Gasteiger partial charge in [-0.25, -0.2) is 4.99 Å². The van der Waals surface area contributed by atoms with Gasteiger partial charge < -0.3 is 21.1 Å². The van der Waals surface area contributed by atoms with Crippen LogP contribution in [0.1, 0.15) is 31.2 Å². The van der Waals surface area contributed by atoms with Gasteiger partial charge in [0.2, 0.25) is 5.91 Å². The lowest BCUT2D eigenvalue weighted by molar-refractivity contribution is -0.114. The summed E-state index contributed by atoms with van der Waals surface area (Å²) >= 11 is 1.53. The molecule has 0 bridgehead atoms. The molecule has 154 valence electrons. The van der Waals surface area contributed by atoms with Crippen molar-refractivity contribution in [2.24, 2.45) is 4.99 Å². The lowest BCUT2D eigenvalue weighted by Crippen LogP contribution is -2.39. The Bertz CT molecular complexity index is 746. The van der Waals surface area contributed by atoms with Crippen molar-refractivity contribution >= 4 is 52.9 Å². The molecule has 1 unspecified atom stereocenters. The number of carbonyl (C=O) groups excluding carboxylic acids is 1. The number of anilines is 1. The third-order valence-electron chi connectivity index (χ3n) is 3.92. The molecule has 0 saturated carbocycles. The maximum Gasteiger partial charge on any atom is 0.221 e. The van der Waals surface area contributed by atoms with Crippen molar-refractivity contribution < 1.29 is 9.90 Å². The number of amides is 1. The van der Waals surface area contributed by atoms with Crippen molar-refractivity contribution in [1.29, 1.82) is 0 Å². The molecule has 0 fully saturated rings. The number of aliphatic hydroxyl groups is 1. The zero-order valence-corrected chi connectivity index (χ0v) is 19.6. The van der Waals surface area contributed by atoms with Crippen LogP contribution in [0.25, 0.3) is 0 Å². The van der Waals surface area contributed by atoms with Crippen molar-refractivity contribution in [3.63, 3.8) is 0 Å². The minimum atomic E-state index is -0.976. The first kappa shape index (κ1) is 24.4. The Kier molecular flexibility index (Phi) is 10.5. The SMILES string of the molecule is CCNC(=NCC(C)(O)c1cccs1)NCCc1ccc(NC(C)=O)cc1.I. The van der Waals surface area contributed by atoms with Crippen molar-refractivity contribution in [2.45, 2.75) is 32.8 Å². The van der Waals surface area contributed by atoms with Crippen LogP contribution in [0, 0.1) is 0 Å². The summed E-state index contributed by atoms with van der Waals surface area (Å²) in [5.74, 6) is 0.610. The van der Waals surface area contributed by atoms with Gasteiger partial charge in [-0.05, 0) is 49.4 Å². The van der Waals surface area contributed by atoms with Gasteiger partial charge in [-0.15, -0.1) is 35.3 Å². The van der Waals surface area contributed by atoms with Crippen molar-refractivity contribution in [3.8, 4) is 0 Å². The monoisotopic (exact) mass is 516 g/mol. The number of hydrogen-bond acceptors (Lipinski definition) is 4. The van der Waals surface area contributed by atoms with E-state index in [2.05, 4.69) is 20.9 Å². The number of aliphatic imine (C=N–C) groups is 1. The fourth-order valence-electron chi connectivity index (χ4n) is 2.52. The summed E-state index contributed by atoms with van der Waals surface area (Å²) in [6.45, 7) is 7.03. The van der Waals surface area contributed by atoms with Gasteiger partial charge in [-0.1, -0.05) is 18.2 Å². The highest BCUT2D eigenvalue weighted by Gasteiger charge is 2.23. The van der Waals surface area contributed by atoms with Crippen LogP contribution in [0.5, 0.6) is 0 Å². The van der Waals surface area contributed by atoms with E-state index in [9.17, 15) is 9.90 Å². The minimum Gasteiger partial charge on any atom is -0.383 e. The molecule has 2 rings (SSSR count). The molecule has 0 aliphatic heterocycles. The number of halogens is 1. The molecule has 28 heavy (non-hydrogen) atoms. The normalized spacial score (nSPS) is 13.2. The third-order valence-corrected chi connectivity index (χ3v) is 5.04. The molecule has 1 heterocycles. The standard InChI is InChI=1S/C20H28N4O2S.HI/c1-4-21-19(23-14-20(3,26)18-6-5-13-27-18)22-12-11-16-7-9-17(10-8-16)24-15(2)25;/h5-10,13,26H,4,11-12,14H2,1-3H3,(H,24,25)(H2,21,22,23);1H. The lowest BCUT2D eigenvalue weighted by atomic mass is 10.1. The number of nitrogens with one attached hydrogen (secondary N) is 3. The van der Waals surface area contributed by atoms with E-state index >= 15 is 0 Å². The van der Waals surface area contributed by atoms with Crippen LogP contribution in [0.15, 0.2) is 46.8 Å². The summed E-state index contributed by atoms with van der Waals surface area (Å²) in [4.78, 5) is 16.5. The molecule has 1 atom stereocenters. The minimum absolute atomic E-state index is 0. The van der Waals surface area contributed by atoms with Gasteiger partial charge >= 0.3 is 0 Å². The van der Waals surface area contributed by atoms with Crippen LogP contribution in [0.3, 0.4) is 0 Å². The van der Waals surface area contributed by atoms with Crippen LogP contribution >= 0.6 is 35.3 Å². The van der Waals surface area contributed by atoms with E-state index in [1.54, 1.807) is 6.92 Å². The number of guanidine groups is 1. The number of benzene rings is 1. The quantitative estimate of drug-likeness (QED) is 0.247. The van der Waals surface area contributed by atoms with Crippen LogP contribution in [-0.4, -0.2) is 36.6 Å². The number of carbonyl (C=O) groups is 1. The molecule has 4 N–H and O–H groups in total. The average Bonchev–Trinajstić information content (AvgIpc) is 3.16. The molecule has 8 heteroatoms. The maximum absolute atomic E-state index is 11.1. The van der Waals surface area contributed by atoms with E-state index in [1.165, 1.54) is 18.3 Å². The van der Waals surface area contributed by atoms with Crippen molar-refractivity contribution in [2.75, 3.05) is 25.0 Å². The average molecular weight is 516 g/mol. The molecule has 1 aromatic carbocycles. The summed E-state index contributed by atoms with van der Waals surface area (Å²) < 4.78 is 0. The summed E-state index contributed by atoms with van der Waals surface area (Å²) in [6, 6.07) is 11.6. The number of rotatable bonds is 8. The van der Waals surface area contributed by atoms with Gasteiger partial charge in [0.05, 0.1) is 6.54 Å². The first-order valence-corrected chi connectivity index (χ1v) is 9.94. The lowest BCUT2D eigenvalue weighted by Gasteiger charge is -2.20. The highest BCUT2D eigenvalue weighted by molar-refractivity contribution is 14.0. The summed E-state index contributed by atoms with van der Waals surface area (Å²) in [5.41, 5.74) is 0.985. The van der Waals surface area contributed by atoms with E-state index < -0.39 is 5.60 Å². The Balaban J connectivity index is 0.00000392. The molecule has 2 aromatic rings. The van der Waals surface area contributed by atoms with Gasteiger partial charge in [0.25, 0.3) is 0 Å². The molecular formula is C20H29IN4O2S. The molecule has 0 radical (unpaired) electrons. The Morgan fingerprint density at radius 1 is 1.21 bits per heavy atom. The zero-order valence-electron chi connectivity index (χ0n) is 16.5. The van der Waals surface area contributed by atoms with Gasteiger partial charge in [-0.3, -0.25) is 4.79 Å².